The highest BCUT2D eigenvalue weighted by Crippen LogP contribution is 2.67. The van der Waals surface area contributed by atoms with Crippen molar-refractivity contribution in [2.24, 2.45) is 10.8 Å². The van der Waals surface area contributed by atoms with Gasteiger partial charge in [-0.2, -0.15) is 0 Å². The number of hydrogen-bond donors (Lipinski definition) is 0. The van der Waals surface area contributed by atoms with Gasteiger partial charge in [0.05, 0.1) is 4.32 Å². The SMILES string of the molecule is CC1(C)[C@@]2(Br)CC[C@]1(C)C(=O)C2=O. The van der Waals surface area contributed by atoms with Crippen LogP contribution in [0.4, 0.5) is 0 Å². The van der Waals surface area contributed by atoms with Crippen molar-refractivity contribution in [3.05, 3.63) is 0 Å². The largest absolute Gasteiger partial charge is 0.290 e. The van der Waals surface area contributed by atoms with Crippen LogP contribution in [0, 0.1) is 10.8 Å². The summed E-state index contributed by atoms with van der Waals surface area (Å²) in [6.45, 7) is 5.94. The van der Waals surface area contributed by atoms with E-state index < -0.39 is 9.74 Å². The van der Waals surface area contributed by atoms with E-state index in [1.54, 1.807) is 0 Å². The fourth-order valence-corrected chi connectivity index (χ4v) is 3.53. The second-order valence-corrected chi connectivity index (χ2v) is 6.27. The molecule has 3 heteroatoms. The Bertz CT molecular complexity index is 291. The van der Waals surface area contributed by atoms with Crippen molar-refractivity contribution in [1.82, 2.24) is 0 Å². The average molecular weight is 245 g/mol. The Morgan fingerprint density at radius 1 is 1.08 bits per heavy atom. The summed E-state index contributed by atoms with van der Waals surface area (Å²) < 4.78 is -0.578. The van der Waals surface area contributed by atoms with Crippen LogP contribution in [0.1, 0.15) is 33.6 Å². The number of halogens is 1. The molecular formula is C10H13BrO2. The Morgan fingerprint density at radius 2 is 1.62 bits per heavy atom. The van der Waals surface area contributed by atoms with Crippen molar-refractivity contribution in [2.45, 2.75) is 37.9 Å². The molecule has 0 radical (unpaired) electrons. The van der Waals surface area contributed by atoms with Crippen molar-refractivity contribution in [3.8, 4) is 0 Å². The van der Waals surface area contributed by atoms with E-state index in [0.29, 0.717) is 0 Å². The van der Waals surface area contributed by atoms with Gasteiger partial charge in [0.1, 0.15) is 0 Å². The Labute approximate surface area is 86.2 Å². The predicted octanol–water partition coefficient (Wildman–Crippen LogP) is 2.10. The molecule has 0 spiro atoms. The maximum absolute atomic E-state index is 11.7. The van der Waals surface area contributed by atoms with Gasteiger partial charge >= 0.3 is 0 Å². The molecule has 2 bridgehead atoms. The third-order valence-corrected chi connectivity index (χ3v) is 6.15. The van der Waals surface area contributed by atoms with Crippen LogP contribution in [0.25, 0.3) is 0 Å². The van der Waals surface area contributed by atoms with Crippen LogP contribution in [0.15, 0.2) is 0 Å². The smallest absolute Gasteiger partial charge is 0.216 e. The third-order valence-electron chi connectivity index (χ3n) is 4.41. The van der Waals surface area contributed by atoms with Crippen molar-refractivity contribution in [2.75, 3.05) is 0 Å². The second kappa shape index (κ2) is 2.08. The maximum atomic E-state index is 11.7. The highest BCUT2D eigenvalue weighted by Gasteiger charge is 2.74. The molecule has 2 atom stereocenters. The summed E-state index contributed by atoms with van der Waals surface area (Å²) in [5, 5.41) is 0. The molecule has 2 nitrogen and oxygen atoms in total. The second-order valence-electron chi connectivity index (χ2n) is 4.92. The Hall–Kier alpha value is -0.180. The minimum atomic E-state index is -0.578. The topological polar surface area (TPSA) is 34.1 Å². The lowest BCUT2D eigenvalue weighted by Gasteiger charge is -2.34. The molecule has 72 valence electrons. The van der Waals surface area contributed by atoms with Crippen molar-refractivity contribution >= 4 is 27.5 Å². The summed E-state index contributed by atoms with van der Waals surface area (Å²) >= 11 is 3.48. The van der Waals surface area contributed by atoms with E-state index in [0.717, 1.165) is 12.8 Å². The molecule has 2 aliphatic rings. The number of hydrogen-bond acceptors (Lipinski definition) is 2. The Balaban J connectivity index is 2.68. The minimum Gasteiger partial charge on any atom is -0.290 e. The van der Waals surface area contributed by atoms with Gasteiger partial charge in [0.15, 0.2) is 0 Å². The Morgan fingerprint density at radius 3 is 1.85 bits per heavy atom. The molecule has 0 aliphatic heterocycles. The van der Waals surface area contributed by atoms with Crippen molar-refractivity contribution in [1.29, 1.82) is 0 Å². The average Bonchev–Trinajstić information content (AvgIpc) is 2.28. The van der Waals surface area contributed by atoms with E-state index >= 15 is 0 Å². The molecule has 2 fully saturated rings. The molecule has 0 N–H and O–H groups in total. The quantitative estimate of drug-likeness (QED) is 0.483. The van der Waals surface area contributed by atoms with E-state index in [4.69, 9.17) is 0 Å². The highest BCUT2D eigenvalue weighted by atomic mass is 79.9. The van der Waals surface area contributed by atoms with Crippen LogP contribution >= 0.6 is 15.9 Å². The van der Waals surface area contributed by atoms with Gasteiger partial charge in [-0.3, -0.25) is 9.59 Å². The molecule has 0 amide bonds. The number of fused-ring (bicyclic) bond motifs is 2. The monoisotopic (exact) mass is 244 g/mol. The van der Waals surface area contributed by atoms with E-state index in [1.807, 2.05) is 20.8 Å². The van der Waals surface area contributed by atoms with Gasteiger partial charge in [-0.25, -0.2) is 0 Å². The summed E-state index contributed by atoms with van der Waals surface area (Å²) in [5.74, 6) is -0.396. The highest BCUT2D eigenvalue weighted by molar-refractivity contribution is 9.10. The van der Waals surface area contributed by atoms with Crippen LogP contribution < -0.4 is 0 Å². The van der Waals surface area contributed by atoms with Gasteiger partial charge in [-0.15, -0.1) is 0 Å². The number of ketones is 2. The first-order valence-corrected chi connectivity index (χ1v) is 5.35. The first kappa shape index (κ1) is 9.38. The third kappa shape index (κ3) is 0.684. The van der Waals surface area contributed by atoms with Crippen LogP contribution in [0.5, 0.6) is 0 Å². The molecule has 13 heavy (non-hydrogen) atoms. The van der Waals surface area contributed by atoms with Crippen molar-refractivity contribution < 1.29 is 9.59 Å². The number of Topliss-reactive ketones (excluding diaryl/α,β-unsaturated/α-hetero) is 2. The maximum Gasteiger partial charge on any atom is 0.216 e. The van der Waals surface area contributed by atoms with Crippen LogP contribution in [0.3, 0.4) is 0 Å². The predicted molar refractivity (Wildman–Crippen MR) is 52.8 cm³/mol. The zero-order valence-electron chi connectivity index (χ0n) is 8.11. The lowest BCUT2D eigenvalue weighted by Crippen LogP contribution is -2.38. The molecule has 0 aromatic carbocycles. The molecule has 0 aromatic heterocycles. The molecule has 0 heterocycles. The number of alkyl halides is 1. The molecule has 2 rings (SSSR count). The zero-order valence-corrected chi connectivity index (χ0v) is 9.69. The summed E-state index contributed by atoms with van der Waals surface area (Å²) in [4.78, 5) is 23.4. The van der Waals surface area contributed by atoms with Gasteiger partial charge in [-0.05, 0) is 12.8 Å². The normalized spacial score (nSPS) is 47.4. The van der Waals surface area contributed by atoms with E-state index in [-0.39, 0.29) is 17.0 Å². The van der Waals surface area contributed by atoms with E-state index in [1.165, 1.54) is 0 Å². The first-order chi connectivity index (χ1) is 5.77. The summed E-state index contributed by atoms with van der Waals surface area (Å²) in [7, 11) is 0. The lowest BCUT2D eigenvalue weighted by molar-refractivity contribution is -0.140. The van der Waals surface area contributed by atoms with E-state index in [9.17, 15) is 9.59 Å². The van der Waals surface area contributed by atoms with Gasteiger partial charge < -0.3 is 0 Å². The zero-order chi connectivity index (χ0) is 10.1. The van der Waals surface area contributed by atoms with Crippen LogP contribution in [-0.2, 0) is 9.59 Å². The molecule has 2 aliphatic carbocycles. The first-order valence-electron chi connectivity index (χ1n) is 4.55. The lowest BCUT2D eigenvalue weighted by atomic mass is 9.70. The van der Waals surface area contributed by atoms with Crippen LogP contribution in [-0.4, -0.2) is 15.9 Å². The van der Waals surface area contributed by atoms with Gasteiger partial charge in [-0.1, -0.05) is 36.7 Å². The number of carbonyl (C=O) groups excluding carboxylic acids is 2. The van der Waals surface area contributed by atoms with Gasteiger partial charge in [0, 0.05) is 10.8 Å². The Kier molecular flexibility index (Phi) is 1.50. The van der Waals surface area contributed by atoms with Crippen molar-refractivity contribution in [3.63, 3.8) is 0 Å². The molecule has 0 aromatic rings. The number of rotatable bonds is 0. The van der Waals surface area contributed by atoms with E-state index in [2.05, 4.69) is 15.9 Å². The molecule has 0 saturated heterocycles. The van der Waals surface area contributed by atoms with Gasteiger partial charge in [0.25, 0.3) is 0 Å². The fraction of sp³-hybridized carbons (Fsp3) is 0.800. The summed E-state index contributed by atoms with van der Waals surface area (Å²) in [5.41, 5.74) is -0.679. The summed E-state index contributed by atoms with van der Waals surface area (Å²) in [6, 6.07) is 0. The summed E-state index contributed by atoms with van der Waals surface area (Å²) in [6.07, 6.45) is 1.62. The molecule has 0 unspecified atom stereocenters. The molecular weight excluding hydrogens is 232 g/mol. The number of carbonyl (C=O) groups is 2. The standard InChI is InChI=1S/C10H13BrO2/c1-8(2)9(3)4-5-10(8,11)7(13)6(9)12/h4-5H2,1-3H3/t9-,10-/m1/s1. The van der Waals surface area contributed by atoms with Gasteiger partial charge in [0.2, 0.25) is 11.6 Å². The molecule has 2 saturated carbocycles. The van der Waals surface area contributed by atoms with Crippen LogP contribution in [0.2, 0.25) is 0 Å². The fourth-order valence-electron chi connectivity index (χ4n) is 2.71. The minimum absolute atomic E-state index is 0.180.